The van der Waals surface area contributed by atoms with E-state index in [1.54, 1.807) is 15.4 Å². The van der Waals surface area contributed by atoms with Crippen LogP contribution >= 0.6 is 11.8 Å². The average molecular weight is 439 g/mol. The minimum Gasteiger partial charge on any atom is -0.340 e. The largest absolute Gasteiger partial charge is 0.340 e. The number of fused-ring (bicyclic) bond motifs is 2. The van der Waals surface area contributed by atoms with Crippen molar-refractivity contribution < 1.29 is 4.79 Å². The summed E-state index contributed by atoms with van der Waals surface area (Å²) in [6.45, 7) is 8.53. The summed E-state index contributed by atoms with van der Waals surface area (Å²) in [5.41, 5.74) is 2.45. The highest BCUT2D eigenvalue weighted by atomic mass is 32.2. The third-order valence-corrected chi connectivity index (χ3v) is 7.30. The lowest BCUT2D eigenvalue weighted by Gasteiger charge is -2.34. The molecule has 1 saturated heterocycles. The molecule has 1 amide bonds. The third-order valence-electron chi connectivity index (χ3n) is 6.20. The molecule has 5 rings (SSSR count). The van der Waals surface area contributed by atoms with Crippen LogP contribution in [0.25, 0.3) is 16.7 Å². The first-order valence-corrected chi connectivity index (χ1v) is 11.7. The topological polar surface area (TPSA) is 76.3 Å². The normalized spacial score (nSPS) is 19.2. The minimum absolute atomic E-state index is 0.113. The lowest BCUT2D eigenvalue weighted by molar-refractivity contribution is -0.133. The highest BCUT2D eigenvalue weighted by Gasteiger charge is 2.31. The average Bonchev–Trinajstić information content (AvgIpc) is 3.39. The molecular formula is C22H26N6O2S. The number of thioether (sulfide) groups is 1. The Morgan fingerprint density at radius 1 is 1.23 bits per heavy atom. The van der Waals surface area contributed by atoms with Gasteiger partial charge in [-0.15, -0.1) is 0 Å². The van der Waals surface area contributed by atoms with E-state index in [-0.39, 0.29) is 17.5 Å². The van der Waals surface area contributed by atoms with Crippen LogP contribution in [-0.2, 0) is 4.79 Å². The lowest BCUT2D eigenvalue weighted by atomic mass is 10.2. The van der Waals surface area contributed by atoms with Gasteiger partial charge in [-0.05, 0) is 31.2 Å². The van der Waals surface area contributed by atoms with Gasteiger partial charge < -0.3 is 9.80 Å². The lowest BCUT2D eigenvalue weighted by Crippen LogP contribution is -2.49. The van der Waals surface area contributed by atoms with Crippen LogP contribution in [0.1, 0.15) is 24.9 Å². The molecule has 0 N–H and O–H groups in total. The third kappa shape index (κ3) is 3.65. The van der Waals surface area contributed by atoms with E-state index in [9.17, 15) is 9.59 Å². The van der Waals surface area contributed by atoms with Gasteiger partial charge in [0.25, 0.3) is 5.56 Å². The molecule has 1 unspecified atom stereocenters. The molecule has 1 aromatic carbocycles. The number of rotatable bonds is 4. The second kappa shape index (κ2) is 8.12. The van der Waals surface area contributed by atoms with Crippen molar-refractivity contribution in [2.75, 3.05) is 38.5 Å². The van der Waals surface area contributed by atoms with Crippen molar-refractivity contribution in [3.05, 3.63) is 46.4 Å². The van der Waals surface area contributed by atoms with Gasteiger partial charge in [0.05, 0.1) is 17.9 Å². The Kier molecular flexibility index (Phi) is 5.31. The maximum absolute atomic E-state index is 13.3. The van der Waals surface area contributed by atoms with E-state index in [1.165, 1.54) is 11.8 Å². The molecule has 31 heavy (non-hydrogen) atoms. The number of aromatic nitrogens is 4. The van der Waals surface area contributed by atoms with Gasteiger partial charge in [-0.3, -0.25) is 14.2 Å². The van der Waals surface area contributed by atoms with Gasteiger partial charge >= 0.3 is 0 Å². The minimum atomic E-state index is -0.163. The van der Waals surface area contributed by atoms with Crippen LogP contribution in [0.3, 0.4) is 0 Å². The van der Waals surface area contributed by atoms with Gasteiger partial charge in [0, 0.05) is 38.4 Å². The molecule has 2 aliphatic rings. The first-order valence-electron chi connectivity index (χ1n) is 10.8. The summed E-state index contributed by atoms with van der Waals surface area (Å²) in [4.78, 5) is 35.3. The van der Waals surface area contributed by atoms with E-state index in [2.05, 4.69) is 16.9 Å². The Morgan fingerprint density at radius 2 is 2.03 bits per heavy atom. The maximum Gasteiger partial charge on any atom is 0.265 e. The fraction of sp³-hybridized carbons (Fsp3) is 0.455. The van der Waals surface area contributed by atoms with Crippen molar-refractivity contribution >= 4 is 28.7 Å². The van der Waals surface area contributed by atoms with E-state index < -0.39 is 0 Å². The summed E-state index contributed by atoms with van der Waals surface area (Å²) >= 11 is 1.54. The van der Waals surface area contributed by atoms with Crippen LogP contribution in [-0.4, -0.2) is 73.5 Å². The molecule has 0 saturated carbocycles. The number of likely N-dealkylation sites (N-methyl/N-ethyl adjacent to an activating group) is 1. The van der Waals surface area contributed by atoms with Crippen LogP contribution in [0.4, 0.5) is 0 Å². The molecule has 0 bridgehead atoms. The van der Waals surface area contributed by atoms with Crippen molar-refractivity contribution in [2.45, 2.75) is 31.5 Å². The predicted octanol–water partition coefficient (Wildman–Crippen LogP) is 2.09. The predicted molar refractivity (Wildman–Crippen MR) is 121 cm³/mol. The molecule has 3 aromatic rings. The fourth-order valence-corrected chi connectivity index (χ4v) is 5.50. The quantitative estimate of drug-likeness (QED) is 0.581. The zero-order valence-electron chi connectivity index (χ0n) is 17.8. The second-order valence-corrected chi connectivity index (χ2v) is 9.17. The van der Waals surface area contributed by atoms with Gasteiger partial charge in [0.15, 0.2) is 10.8 Å². The Morgan fingerprint density at radius 3 is 2.77 bits per heavy atom. The van der Waals surface area contributed by atoms with Crippen LogP contribution in [0.5, 0.6) is 0 Å². The number of carbonyl (C=O) groups is 1. The summed E-state index contributed by atoms with van der Waals surface area (Å²) in [6, 6.07) is 7.80. The number of aryl methyl sites for hydroxylation is 1. The highest BCUT2D eigenvalue weighted by Crippen LogP contribution is 2.33. The Balaban J connectivity index is 1.42. The molecule has 1 fully saturated rings. The smallest absolute Gasteiger partial charge is 0.265 e. The summed E-state index contributed by atoms with van der Waals surface area (Å²) in [5, 5.41) is 5.59. The summed E-state index contributed by atoms with van der Waals surface area (Å²) in [6.07, 6.45) is 1.93. The summed E-state index contributed by atoms with van der Waals surface area (Å²) in [7, 11) is 0. The molecular weight excluding hydrogens is 412 g/mol. The molecule has 8 nitrogen and oxygen atoms in total. The number of carbonyl (C=O) groups excluding carboxylic acids is 1. The molecule has 0 spiro atoms. The van der Waals surface area contributed by atoms with Crippen molar-refractivity contribution in [2.24, 2.45) is 0 Å². The van der Waals surface area contributed by atoms with E-state index in [0.717, 1.165) is 44.0 Å². The number of hydrogen-bond donors (Lipinski definition) is 0. The van der Waals surface area contributed by atoms with Crippen LogP contribution in [0.2, 0.25) is 0 Å². The summed E-state index contributed by atoms with van der Waals surface area (Å²) in [5.74, 6) is 0.810. The zero-order valence-corrected chi connectivity index (χ0v) is 18.6. The molecule has 9 heteroatoms. The number of amides is 1. The van der Waals surface area contributed by atoms with Gasteiger partial charge in [0.1, 0.15) is 5.39 Å². The molecule has 4 heterocycles. The van der Waals surface area contributed by atoms with Crippen LogP contribution < -0.4 is 5.56 Å². The number of benzene rings is 1. The van der Waals surface area contributed by atoms with Crippen molar-refractivity contribution in [1.29, 1.82) is 0 Å². The van der Waals surface area contributed by atoms with E-state index >= 15 is 0 Å². The van der Waals surface area contributed by atoms with Crippen molar-refractivity contribution in [3.63, 3.8) is 0 Å². The molecule has 2 aliphatic heterocycles. The van der Waals surface area contributed by atoms with Gasteiger partial charge in [0.2, 0.25) is 5.91 Å². The Hall–Kier alpha value is -2.65. The number of nitrogens with zero attached hydrogens (tertiary/aromatic N) is 6. The molecule has 1 atom stereocenters. The summed E-state index contributed by atoms with van der Waals surface area (Å²) < 4.78 is 3.42. The van der Waals surface area contributed by atoms with E-state index in [0.29, 0.717) is 28.4 Å². The van der Waals surface area contributed by atoms with E-state index in [4.69, 9.17) is 4.98 Å². The van der Waals surface area contributed by atoms with Gasteiger partial charge in [-0.1, -0.05) is 30.8 Å². The first kappa shape index (κ1) is 20.3. The Labute approximate surface area is 184 Å². The van der Waals surface area contributed by atoms with E-state index in [1.807, 2.05) is 36.1 Å². The van der Waals surface area contributed by atoms with Gasteiger partial charge in [-0.25, -0.2) is 9.67 Å². The monoisotopic (exact) mass is 438 g/mol. The SMILES string of the molecule is CCN1CCN(C(=O)CC2CSc3nc4c(cnn4-c4cccc(C)c4)c(=O)n32)CC1. The maximum atomic E-state index is 13.3. The van der Waals surface area contributed by atoms with Crippen LogP contribution in [0.15, 0.2) is 40.4 Å². The fourth-order valence-electron chi connectivity index (χ4n) is 4.37. The number of piperazine rings is 1. The van der Waals surface area contributed by atoms with Crippen molar-refractivity contribution in [1.82, 2.24) is 29.1 Å². The molecule has 0 radical (unpaired) electrons. The Bertz CT molecular complexity index is 1190. The highest BCUT2D eigenvalue weighted by molar-refractivity contribution is 7.99. The second-order valence-electron chi connectivity index (χ2n) is 8.19. The molecule has 162 valence electrons. The first-order chi connectivity index (χ1) is 15.0. The zero-order chi connectivity index (χ0) is 21.5. The standard InChI is InChI=1S/C22H26N6O2S/c1-3-25-7-9-26(10-8-25)19(29)12-17-14-31-22-24-20-18(21(30)27(17)22)13-23-28(20)16-6-4-5-15(2)11-16/h4-6,11,13,17H,3,7-10,12,14H2,1-2H3. The number of hydrogen-bond acceptors (Lipinski definition) is 6. The van der Waals surface area contributed by atoms with Crippen LogP contribution in [0, 0.1) is 6.92 Å². The molecule has 2 aromatic heterocycles. The molecule has 0 aliphatic carbocycles. The van der Waals surface area contributed by atoms with Crippen molar-refractivity contribution in [3.8, 4) is 5.69 Å². The van der Waals surface area contributed by atoms with Gasteiger partial charge in [-0.2, -0.15) is 5.10 Å².